The molecule has 0 spiro atoms. The maximum absolute atomic E-state index is 14.1. The zero-order valence-corrected chi connectivity index (χ0v) is 24.9. The van der Waals surface area contributed by atoms with Gasteiger partial charge in [-0.2, -0.15) is 18.2 Å². The van der Waals surface area contributed by atoms with Crippen LogP contribution in [0.4, 0.5) is 27.8 Å². The minimum atomic E-state index is -4.50. The lowest BCUT2D eigenvalue weighted by molar-refractivity contribution is -0.138. The quantitative estimate of drug-likeness (QED) is 0.375. The second-order valence-corrected chi connectivity index (χ2v) is 12.4. The van der Waals surface area contributed by atoms with Crippen molar-refractivity contribution in [1.29, 1.82) is 0 Å². The first-order chi connectivity index (χ1) is 20.6. The normalized spacial score (nSPS) is 25.5. The van der Waals surface area contributed by atoms with Crippen LogP contribution in [0.1, 0.15) is 56.1 Å². The molecule has 2 aliphatic heterocycles. The summed E-state index contributed by atoms with van der Waals surface area (Å²) < 4.78 is 76.7. The molecule has 238 valence electrons. The fourth-order valence-electron chi connectivity index (χ4n) is 7.02. The highest BCUT2D eigenvalue weighted by atomic mass is 19.4. The summed E-state index contributed by atoms with van der Waals surface area (Å²) in [6, 6.07) is 3.85. The number of rotatable bonds is 6. The second-order valence-electron chi connectivity index (χ2n) is 12.4. The fraction of sp³-hybridized carbons (Fsp3) is 0.600. The van der Waals surface area contributed by atoms with Gasteiger partial charge in [-0.3, -0.25) is 14.3 Å². The number of carbonyl (C=O) groups excluding carboxylic acids is 1. The van der Waals surface area contributed by atoms with Crippen molar-refractivity contribution in [2.45, 2.75) is 82.9 Å². The van der Waals surface area contributed by atoms with E-state index >= 15 is 0 Å². The second kappa shape index (κ2) is 10.9. The number of carbonyl (C=O) groups is 1. The molecule has 3 fully saturated rings. The Morgan fingerprint density at radius 2 is 1.73 bits per heavy atom. The van der Waals surface area contributed by atoms with Crippen LogP contribution in [0, 0.1) is 12.8 Å². The molecule has 3 aromatic rings. The molecule has 0 radical (unpaired) electrons. The van der Waals surface area contributed by atoms with Crippen molar-refractivity contribution >= 4 is 22.8 Å². The smallest absolute Gasteiger partial charge is 0.368 e. The zero-order valence-electron chi connectivity index (χ0n) is 24.9. The van der Waals surface area contributed by atoms with Crippen molar-refractivity contribution in [3.8, 4) is 0 Å². The lowest BCUT2D eigenvalue weighted by atomic mass is 9.73. The molecule has 0 bridgehead atoms. The first-order valence-electron chi connectivity index (χ1n) is 14.8. The number of aryl methyl sites for hydroxylation is 2. The lowest BCUT2D eigenvalue weighted by Gasteiger charge is -2.52. The summed E-state index contributed by atoms with van der Waals surface area (Å²) in [5, 5.41) is 0. The van der Waals surface area contributed by atoms with E-state index in [0.717, 1.165) is 12.1 Å². The summed E-state index contributed by atoms with van der Waals surface area (Å²) >= 11 is 0. The van der Waals surface area contributed by atoms with Crippen LogP contribution in [0.3, 0.4) is 0 Å². The van der Waals surface area contributed by atoms with Crippen LogP contribution in [0.5, 0.6) is 0 Å². The van der Waals surface area contributed by atoms with E-state index in [-0.39, 0.29) is 37.3 Å². The topological polar surface area (TPSA) is 85.5 Å². The molecule has 4 atom stereocenters. The van der Waals surface area contributed by atoms with Gasteiger partial charge in [0, 0.05) is 57.5 Å². The van der Waals surface area contributed by atoms with Crippen LogP contribution >= 0.6 is 0 Å². The molecule has 3 aliphatic rings. The van der Waals surface area contributed by atoms with Crippen LogP contribution < -0.4 is 10.6 Å². The standard InChI is InChI=1S/C30H35F5N6O3/c1-16-14-40(26-24-27(38(4)28(43)37-26)41(18(3)36-24)15-23-22(42)9-10-44-23)17(2)13-39(16)25(20-11-29(31,32)12-20)19-5-7-21(8-6-19)30(33,34)35/h5-8,16-17,20,23,25H,9-15H2,1-4H3/t16-,17+,23-,25?/m1/s1. The molecule has 4 heterocycles. The van der Waals surface area contributed by atoms with Crippen molar-refractivity contribution in [1.82, 2.24) is 24.0 Å². The van der Waals surface area contributed by atoms with E-state index < -0.39 is 41.4 Å². The number of aromatic nitrogens is 4. The molecule has 0 N–H and O–H groups in total. The van der Waals surface area contributed by atoms with Gasteiger partial charge in [0.05, 0.1) is 18.7 Å². The van der Waals surface area contributed by atoms with Gasteiger partial charge in [0.25, 0.3) is 0 Å². The molecule has 1 aromatic carbocycles. The van der Waals surface area contributed by atoms with Gasteiger partial charge in [0.2, 0.25) is 5.92 Å². The molecule has 14 heteroatoms. The number of alkyl halides is 5. The third kappa shape index (κ3) is 5.40. The number of ketones is 1. The van der Waals surface area contributed by atoms with Crippen LogP contribution in [-0.4, -0.2) is 73.6 Å². The fourth-order valence-corrected chi connectivity index (χ4v) is 7.02. The zero-order chi connectivity index (χ0) is 31.7. The van der Waals surface area contributed by atoms with E-state index in [4.69, 9.17) is 9.72 Å². The minimum absolute atomic E-state index is 0.00377. The van der Waals surface area contributed by atoms with Gasteiger partial charge in [-0.25, -0.2) is 18.6 Å². The maximum Gasteiger partial charge on any atom is 0.416 e. The Hall–Kier alpha value is -3.39. The molecule has 1 unspecified atom stereocenters. The third-order valence-electron chi connectivity index (χ3n) is 9.34. The molecule has 2 saturated heterocycles. The van der Waals surface area contributed by atoms with E-state index in [2.05, 4.69) is 9.88 Å². The number of Topliss-reactive ketones (excluding diaryl/α,β-unsaturated/α-hetero) is 1. The van der Waals surface area contributed by atoms with Crippen molar-refractivity contribution < 1.29 is 31.5 Å². The largest absolute Gasteiger partial charge is 0.416 e. The number of hydrogen-bond donors (Lipinski definition) is 0. The maximum atomic E-state index is 14.1. The number of piperazine rings is 1. The van der Waals surface area contributed by atoms with Crippen molar-refractivity contribution in [3.05, 3.63) is 51.7 Å². The van der Waals surface area contributed by atoms with Gasteiger partial charge in [-0.1, -0.05) is 12.1 Å². The monoisotopic (exact) mass is 622 g/mol. The summed E-state index contributed by atoms with van der Waals surface area (Å²) in [4.78, 5) is 38.7. The molecule has 0 amide bonds. The average molecular weight is 623 g/mol. The van der Waals surface area contributed by atoms with Gasteiger partial charge >= 0.3 is 11.9 Å². The number of imidazole rings is 1. The summed E-state index contributed by atoms with van der Waals surface area (Å²) in [6.07, 6.45) is -5.45. The highest BCUT2D eigenvalue weighted by Crippen LogP contribution is 2.51. The molecule has 6 rings (SSSR count). The highest BCUT2D eigenvalue weighted by molar-refractivity contribution is 5.86. The molecule has 44 heavy (non-hydrogen) atoms. The Kier molecular flexibility index (Phi) is 7.59. The van der Waals surface area contributed by atoms with Gasteiger partial charge < -0.3 is 14.2 Å². The molecule has 1 saturated carbocycles. The number of nitrogens with zero attached hydrogens (tertiary/aromatic N) is 6. The molecule has 1 aliphatic carbocycles. The Labute approximate surface area is 250 Å². The predicted molar refractivity (Wildman–Crippen MR) is 152 cm³/mol. The summed E-state index contributed by atoms with van der Waals surface area (Å²) in [5.74, 6) is -2.23. The number of anilines is 1. The molecular weight excluding hydrogens is 587 g/mol. The van der Waals surface area contributed by atoms with E-state index in [0.29, 0.717) is 54.5 Å². The number of hydrogen-bond acceptors (Lipinski definition) is 7. The number of halogens is 5. The molecule has 9 nitrogen and oxygen atoms in total. The highest BCUT2D eigenvalue weighted by Gasteiger charge is 2.51. The van der Waals surface area contributed by atoms with Crippen molar-refractivity contribution in [3.63, 3.8) is 0 Å². The van der Waals surface area contributed by atoms with E-state index in [9.17, 15) is 31.5 Å². The SMILES string of the molecule is Cc1nc2c(N3C[C@@H](C)N(C(c4ccc(C(F)(F)F)cc4)C4CC(F)(F)C4)C[C@@H]3C)nc(=O)n(C)c2n1C[C@H]1OCCC1=O. The summed E-state index contributed by atoms with van der Waals surface area (Å²) in [6.45, 7) is 7.03. The van der Waals surface area contributed by atoms with Crippen molar-refractivity contribution in [2.24, 2.45) is 13.0 Å². The van der Waals surface area contributed by atoms with E-state index in [1.54, 1.807) is 18.5 Å². The van der Waals surface area contributed by atoms with E-state index in [1.807, 2.05) is 18.7 Å². The molecular formula is C30H35F5N6O3. The van der Waals surface area contributed by atoms with Gasteiger partial charge in [-0.05, 0) is 44.4 Å². The number of ether oxygens (including phenoxy) is 1. The van der Waals surface area contributed by atoms with Crippen molar-refractivity contribution in [2.75, 3.05) is 24.6 Å². The van der Waals surface area contributed by atoms with Crippen LogP contribution in [0.25, 0.3) is 11.2 Å². The summed E-state index contributed by atoms with van der Waals surface area (Å²) in [7, 11) is 1.60. The van der Waals surface area contributed by atoms with Gasteiger partial charge in [0.15, 0.2) is 11.6 Å². The average Bonchev–Trinajstić information content (AvgIpc) is 3.49. The van der Waals surface area contributed by atoms with Gasteiger partial charge in [-0.15, -0.1) is 0 Å². The van der Waals surface area contributed by atoms with Crippen LogP contribution in [0.2, 0.25) is 0 Å². The minimum Gasteiger partial charge on any atom is -0.368 e. The van der Waals surface area contributed by atoms with Crippen LogP contribution in [-0.2, 0) is 29.3 Å². The molecule has 2 aromatic heterocycles. The van der Waals surface area contributed by atoms with Gasteiger partial charge in [0.1, 0.15) is 23.1 Å². The Morgan fingerprint density at radius 3 is 2.32 bits per heavy atom. The van der Waals surface area contributed by atoms with Crippen LogP contribution in [0.15, 0.2) is 29.1 Å². The first kappa shape index (κ1) is 30.6. The lowest BCUT2D eigenvalue weighted by Crippen LogP contribution is -2.60. The Bertz CT molecular complexity index is 1630. The predicted octanol–water partition coefficient (Wildman–Crippen LogP) is 4.50. The number of fused-ring (bicyclic) bond motifs is 1. The Balaban J connectivity index is 1.32. The first-order valence-corrected chi connectivity index (χ1v) is 14.8. The van der Waals surface area contributed by atoms with E-state index in [1.165, 1.54) is 16.7 Å². The summed E-state index contributed by atoms with van der Waals surface area (Å²) in [5.41, 5.74) is 0.305. The third-order valence-corrected chi connectivity index (χ3v) is 9.34. The Morgan fingerprint density at radius 1 is 1.05 bits per heavy atom. The number of benzene rings is 1.